The zero-order valence-corrected chi connectivity index (χ0v) is 12.1. The van der Waals surface area contributed by atoms with Gasteiger partial charge in [0.25, 0.3) is 5.91 Å². The molecule has 7 heteroatoms. The van der Waals surface area contributed by atoms with Crippen LogP contribution < -0.4 is 5.73 Å². The highest BCUT2D eigenvalue weighted by molar-refractivity contribution is 5.97. The van der Waals surface area contributed by atoms with Crippen LogP contribution in [0.25, 0.3) is 0 Å². The first-order valence-corrected chi connectivity index (χ1v) is 6.41. The Morgan fingerprint density at radius 3 is 2.75 bits per heavy atom. The number of H-pyrrole nitrogens is 1. The summed E-state index contributed by atoms with van der Waals surface area (Å²) in [4.78, 5) is 13.8. The Balaban J connectivity index is 2.14. The van der Waals surface area contributed by atoms with Gasteiger partial charge in [-0.15, -0.1) is 0 Å². The van der Waals surface area contributed by atoms with Gasteiger partial charge in [-0.25, -0.2) is 0 Å². The van der Waals surface area contributed by atoms with Gasteiger partial charge in [-0.1, -0.05) is 19.0 Å². The molecule has 0 unspecified atom stereocenters. The van der Waals surface area contributed by atoms with Gasteiger partial charge in [0.05, 0.1) is 17.9 Å². The van der Waals surface area contributed by atoms with Crippen LogP contribution in [0.4, 0.5) is 5.69 Å². The van der Waals surface area contributed by atoms with Crippen LogP contribution in [0, 0.1) is 6.92 Å². The van der Waals surface area contributed by atoms with Crippen molar-refractivity contribution in [1.29, 1.82) is 0 Å². The topological polar surface area (TPSA) is 101 Å². The van der Waals surface area contributed by atoms with Crippen molar-refractivity contribution >= 4 is 11.6 Å². The second kappa shape index (κ2) is 5.36. The van der Waals surface area contributed by atoms with Crippen molar-refractivity contribution in [2.45, 2.75) is 33.2 Å². The number of nitrogens with two attached hydrogens (primary N) is 1. The molecule has 0 spiro atoms. The van der Waals surface area contributed by atoms with Crippen molar-refractivity contribution in [2.24, 2.45) is 0 Å². The number of nitrogens with zero attached hydrogens (tertiary/aromatic N) is 3. The van der Waals surface area contributed by atoms with Gasteiger partial charge in [0.15, 0.2) is 5.69 Å². The summed E-state index contributed by atoms with van der Waals surface area (Å²) >= 11 is 0. The van der Waals surface area contributed by atoms with Crippen molar-refractivity contribution < 1.29 is 9.32 Å². The first-order chi connectivity index (χ1) is 9.40. The molecule has 0 atom stereocenters. The molecule has 1 amide bonds. The first-order valence-electron chi connectivity index (χ1n) is 6.41. The molecule has 0 bridgehead atoms. The molecule has 0 aliphatic heterocycles. The van der Waals surface area contributed by atoms with Gasteiger partial charge in [-0.3, -0.25) is 9.89 Å². The normalized spacial score (nSPS) is 11.1. The van der Waals surface area contributed by atoms with E-state index in [1.54, 1.807) is 20.0 Å². The Bertz CT molecular complexity index is 614. The Morgan fingerprint density at radius 1 is 1.55 bits per heavy atom. The van der Waals surface area contributed by atoms with E-state index >= 15 is 0 Å². The van der Waals surface area contributed by atoms with Crippen LogP contribution in [-0.2, 0) is 6.54 Å². The maximum atomic E-state index is 12.3. The summed E-state index contributed by atoms with van der Waals surface area (Å²) in [6.07, 6.45) is 0. The van der Waals surface area contributed by atoms with Gasteiger partial charge in [0, 0.05) is 13.1 Å². The number of aryl methyl sites for hydroxylation is 1. The minimum absolute atomic E-state index is 0.188. The van der Waals surface area contributed by atoms with Crippen LogP contribution in [0.1, 0.15) is 47.4 Å². The van der Waals surface area contributed by atoms with E-state index in [0.29, 0.717) is 23.7 Å². The fraction of sp³-hybridized carbons (Fsp3) is 0.462. The Labute approximate surface area is 117 Å². The lowest BCUT2D eigenvalue weighted by Crippen LogP contribution is -2.27. The van der Waals surface area contributed by atoms with Crippen molar-refractivity contribution in [3.8, 4) is 0 Å². The number of hydrogen-bond donors (Lipinski definition) is 2. The number of nitrogens with one attached hydrogen (secondary N) is 1. The molecule has 2 aromatic heterocycles. The molecular weight excluding hydrogens is 258 g/mol. The molecule has 0 saturated heterocycles. The highest BCUT2D eigenvalue weighted by atomic mass is 16.5. The SMILES string of the molecule is Cc1cc(CN(C)C(=O)c2n[nH]c(C(C)C)c2N)no1. The number of nitrogen functional groups attached to an aromatic ring is 1. The summed E-state index contributed by atoms with van der Waals surface area (Å²) in [6, 6.07) is 1.79. The molecular formula is C13H19N5O2. The van der Waals surface area contributed by atoms with Crippen molar-refractivity contribution in [2.75, 3.05) is 12.8 Å². The number of amides is 1. The lowest BCUT2D eigenvalue weighted by Gasteiger charge is -2.14. The minimum Gasteiger partial charge on any atom is -0.395 e. The quantitative estimate of drug-likeness (QED) is 0.885. The van der Waals surface area contributed by atoms with Crippen LogP contribution in [0.2, 0.25) is 0 Å². The average Bonchev–Trinajstić information content (AvgIpc) is 2.94. The van der Waals surface area contributed by atoms with Crippen molar-refractivity contribution in [1.82, 2.24) is 20.3 Å². The molecule has 3 N–H and O–H groups in total. The molecule has 2 heterocycles. The molecule has 2 aromatic rings. The molecule has 0 radical (unpaired) electrons. The van der Waals surface area contributed by atoms with Crippen LogP contribution in [0.3, 0.4) is 0 Å². The minimum atomic E-state index is -0.244. The molecule has 2 rings (SSSR count). The summed E-state index contributed by atoms with van der Waals surface area (Å²) in [7, 11) is 1.68. The number of aromatic amines is 1. The van der Waals surface area contributed by atoms with E-state index in [0.717, 1.165) is 5.69 Å². The van der Waals surface area contributed by atoms with Gasteiger partial charge in [0.1, 0.15) is 11.5 Å². The maximum Gasteiger partial charge on any atom is 0.276 e. The Morgan fingerprint density at radius 2 is 2.25 bits per heavy atom. The van der Waals surface area contributed by atoms with Crippen molar-refractivity contribution in [3.05, 3.63) is 28.9 Å². The van der Waals surface area contributed by atoms with E-state index in [2.05, 4.69) is 15.4 Å². The van der Waals surface area contributed by atoms with E-state index in [-0.39, 0.29) is 17.5 Å². The largest absolute Gasteiger partial charge is 0.395 e. The van der Waals surface area contributed by atoms with Gasteiger partial charge in [0.2, 0.25) is 0 Å². The van der Waals surface area contributed by atoms with E-state index < -0.39 is 0 Å². The van der Waals surface area contributed by atoms with Gasteiger partial charge in [-0.05, 0) is 12.8 Å². The summed E-state index contributed by atoms with van der Waals surface area (Å²) in [6.45, 7) is 6.12. The van der Waals surface area contributed by atoms with Crippen LogP contribution in [0.15, 0.2) is 10.6 Å². The van der Waals surface area contributed by atoms with E-state index in [1.165, 1.54) is 4.90 Å². The lowest BCUT2D eigenvalue weighted by atomic mass is 10.1. The lowest BCUT2D eigenvalue weighted by molar-refractivity contribution is 0.0777. The standard InChI is InChI=1S/C13H19N5O2/c1-7(2)11-10(14)12(16-15-11)13(19)18(4)6-9-5-8(3)20-17-9/h5,7H,6,14H2,1-4H3,(H,15,16). The van der Waals surface area contributed by atoms with E-state index in [9.17, 15) is 4.79 Å². The fourth-order valence-corrected chi connectivity index (χ4v) is 1.96. The molecule has 20 heavy (non-hydrogen) atoms. The second-order valence-corrected chi connectivity index (χ2v) is 5.14. The van der Waals surface area contributed by atoms with E-state index in [1.807, 2.05) is 13.8 Å². The highest BCUT2D eigenvalue weighted by Gasteiger charge is 2.22. The number of rotatable bonds is 4. The Kier molecular flexibility index (Phi) is 3.78. The molecule has 0 saturated carbocycles. The van der Waals surface area contributed by atoms with Gasteiger partial charge >= 0.3 is 0 Å². The Hall–Kier alpha value is -2.31. The summed E-state index contributed by atoms with van der Waals surface area (Å²) in [5.41, 5.74) is 8.09. The molecule has 0 aliphatic rings. The first kappa shape index (κ1) is 14.1. The summed E-state index contributed by atoms with van der Waals surface area (Å²) in [5, 5.41) is 10.7. The fourth-order valence-electron chi connectivity index (χ4n) is 1.96. The maximum absolute atomic E-state index is 12.3. The van der Waals surface area contributed by atoms with Crippen LogP contribution >= 0.6 is 0 Å². The van der Waals surface area contributed by atoms with Gasteiger partial charge < -0.3 is 15.2 Å². The molecule has 7 nitrogen and oxygen atoms in total. The third-order valence-electron chi connectivity index (χ3n) is 3.04. The predicted octanol–water partition coefficient (Wildman–Crippen LogP) is 1.68. The highest BCUT2D eigenvalue weighted by Crippen LogP contribution is 2.23. The number of hydrogen-bond acceptors (Lipinski definition) is 5. The van der Waals surface area contributed by atoms with E-state index in [4.69, 9.17) is 10.3 Å². The monoisotopic (exact) mass is 277 g/mol. The third-order valence-corrected chi connectivity index (χ3v) is 3.04. The number of anilines is 1. The van der Waals surface area contributed by atoms with Gasteiger partial charge in [-0.2, -0.15) is 5.10 Å². The summed E-state index contributed by atoms with van der Waals surface area (Å²) < 4.78 is 4.98. The average molecular weight is 277 g/mol. The smallest absolute Gasteiger partial charge is 0.276 e. The zero-order valence-electron chi connectivity index (χ0n) is 12.1. The zero-order chi connectivity index (χ0) is 14.9. The third kappa shape index (κ3) is 2.66. The number of carbonyl (C=O) groups excluding carboxylic acids is 1. The van der Waals surface area contributed by atoms with Crippen LogP contribution in [0.5, 0.6) is 0 Å². The molecule has 108 valence electrons. The second-order valence-electron chi connectivity index (χ2n) is 5.14. The number of aromatic nitrogens is 3. The molecule has 0 fully saturated rings. The summed E-state index contributed by atoms with van der Waals surface area (Å²) in [5.74, 6) is 0.654. The predicted molar refractivity (Wildman–Crippen MR) is 74.1 cm³/mol. The van der Waals surface area contributed by atoms with Crippen LogP contribution in [-0.4, -0.2) is 33.2 Å². The molecule has 0 aliphatic carbocycles. The van der Waals surface area contributed by atoms with Crippen molar-refractivity contribution in [3.63, 3.8) is 0 Å². The number of carbonyl (C=O) groups is 1. The molecule has 0 aromatic carbocycles.